The Morgan fingerprint density at radius 2 is 2.18 bits per heavy atom. The van der Waals surface area contributed by atoms with Crippen LogP contribution in [0.1, 0.15) is 11.1 Å². The molecule has 1 amide bonds. The number of carbonyl (C=O) groups is 1. The highest BCUT2D eigenvalue weighted by atomic mass is 16.1. The van der Waals surface area contributed by atoms with Gasteiger partial charge in [-0.15, -0.1) is 0 Å². The maximum Gasteiger partial charge on any atom is 0.221 e. The molecule has 0 atom stereocenters. The van der Waals surface area contributed by atoms with Gasteiger partial charge in [-0.3, -0.25) is 9.78 Å². The SMILES string of the molecule is Cc1cc(CC(N)=O)cnc1-c1ccnnc1. The van der Waals surface area contributed by atoms with E-state index in [9.17, 15) is 4.79 Å². The second kappa shape index (κ2) is 4.69. The fraction of sp³-hybridized carbons (Fsp3) is 0.167. The Kier molecular flexibility index (Phi) is 3.09. The van der Waals surface area contributed by atoms with Gasteiger partial charge < -0.3 is 5.73 Å². The summed E-state index contributed by atoms with van der Waals surface area (Å²) in [5.74, 6) is -0.357. The van der Waals surface area contributed by atoms with Gasteiger partial charge in [0.15, 0.2) is 0 Å². The van der Waals surface area contributed by atoms with Crippen molar-refractivity contribution in [2.45, 2.75) is 13.3 Å². The molecule has 0 fully saturated rings. The van der Waals surface area contributed by atoms with Crippen molar-refractivity contribution in [2.75, 3.05) is 0 Å². The fourth-order valence-electron chi connectivity index (χ4n) is 1.66. The van der Waals surface area contributed by atoms with Crippen LogP contribution in [0.3, 0.4) is 0 Å². The largest absolute Gasteiger partial charge is 0.369 e. The van der Waals surface area contributed by atoms with E-state index in [1.165, 1.54) is 0 Å². The van der Waals surface area contributed by atoms with Crippen LogP contribution in [0, 0.1) is 6.92 Å². The van der Waals surface area contributed by atoms with Crippen molar-refractivity contribution in [3.05, 3.63) is 41.9 Å². The average Bonchev–Trinajstić information content (AvgIpc) is 2.29. The van der Waals surface area contributed by atoms with Crippen molar-refractivity contribution in [3.8, 4) is 11.3 Å². The first kappa shape index (κ1) is 11.2. The van der Waals surface area contributed by atoms with Crippen molar-refractivity contribution in [2.24, 2.45) is 5.73 Å². The minimum atomic E-state index is -0.357. The number of aromatic nitrogens is 3. The topological polar surface area (TPSA) is 81.8 Å². The van der Waals surface area contributed by atoms with E-state index in [-0.39, 0.29) is 12.3 Å². The van der Waals surface area contributed by atoms with Gasteiger partial charge in [0.05, 0.1) is 24.5 Å². The molecule has 86 valence electrons. The number of carbonyl (C=O) groups excluding carboxylic acids is 1. The van der Waals surface area contributed by atoms with Gasteiger partial charge in [-0.1, -0.05) is 6.07 Å². The molecule has 0 aromatic carbocycles. The Bertz CT molecular complexity index is 539. The second-order valence-electron chi connectivity index (χ2n) is 3.78. The fourth-order valence-corrected chi connectivity index (χ4v) is 1.66. The van der Waals surface area contributed by atoms with Crippen molar-refractivity contribution >= 4 is 5.91 Å². The predicted octanol–water partition coefficient (Wildman–Crippen LogP) is 0.875. The number of hydrogen-bond acceptors (Lipinski definition) is 4. The minimum absolute atomic E-state index is 0.211. The van der Waals surface area contributed by atoms with E-state index in [0.29, 0.717) is 0 Å². The Morgan fingerprint density at radius 3 is 2.76 bits per heavy atom. The molecule has 5 nitrogen and oxygen atoms in total. The van der Waals surface area contributed by atoms with E-state index < -0.39 is 0 Å². The molecular weight excluding hydrogens is 216 g/mol. The summed E-state index contributed by atoms with van der Waals surface area (Å²) in [6.07, 6.45) is 5.15. The average molecular weight is 228 g/mol. The normalized spacial score (nSPS) is 10.2. The first-order valence-electron chi connectivity index (χ1n) is 5.17. The third-order valence-corrected chi connectivity index (χ3v) is 2.37. The van der Waals surface area contributed by atoms with Gasteiger partial charge in [-0.05, 0) is 24.1 Å². The van der Waals surface area contributed by atoms with Gasteiger partial charge in [-0.25, -0.2) is 0 Å². The summed E-state index contributed by atoms with van der Waals surface area (Å²) in [5, 5.41) is 7.53. The number of rotatable bonds is 3. The Balaban J connectivity index is 2.35. The molecule has 0 bridgehead atoms. The molecule has 0 aliphatic heterocycles. The summed E-state index contributed by atoms with van der Waals surface area (Å²) in [7, 11) is 0. The van der Waals surface area contributed by atoms with Gasteiger partial charge >= 0.3 is 0 Å². The summed E-state index contributed by atoms with van der Waals surface area (Å²) in [5.41, 5.74) is 8.69. The summed E-state index contributed by atoms with van der Waals surface area (Å²) >= 11 is 0. The van der Waals surface area contributed by atoms with Crippen molar-refractivity contribution < 1.29 is 4.79 Å². The molecule has 0 radical (unpaired) electrons. The van der Waals surface area contributed by atoms with Crippen LogP contribution in [0.4, 0.5) is 0 Å². The van der Waals surface area contributed by atoms with Gasteiger partial charge in [-0.2, -0.15) is 10.2 Å². The molecule has 5 heteroatoms. The van der Waals surface area contributed by atoms with Gasteiger partial charge in [0, 0.05) is 11.8 Å². The lowest BCUT2D eigenvalue weighted by Crippen LogP contribution is -2.14. The first-order valence-corrected chi connectivity index (χ1v) is 5.17. The molecule has 0 aliphatic rings. The molecule has 0 aliphatic carbocycles. The third kappa shape index (κ3) is 2.63. The van der Waals surface area contributed by atoms with Crippen LogP contribution >= 0.6 is 0 Å². The molecule has 2 aromatic heterocycles. The summed E-state index contributed by atoms with van der Waals surface area (Å²) in [4.78, 5) is 15.1. The van der Waals surface area contributed by atoms with Gasteiger partial charge in [0.1, 0.15) is 0 Å². The summed E-state index contributed by atoms with van der Waals surface area (Å²) in [6.45, 7) is 1.94. The number of aryl methyl sites for hydroxylation is 1. The molecular formula is C12H12N4O. The number of primary amides is 1. The maximum atomic E-state index is 10.8. The minimum Gasteiger partial charge on any atom is -0.369 e. The first-order chi connectivity index (χ1) is 8.16. The van der Waals surface area contributed by atoms with Gasteiger partial charge in [0.25, 0.3) is 0 Å². The van der Waals surface area contributed by atoms with Crippen LogP contribution in [0.15, 0.2) is 30.7 Å². The monoisotopic (exact) mass is 228 g/mol. The molecule has 0 spiro atoms. The number of hydrogen-bond donors (Lipinski definition) is 1. The number of nitrogens with zero attached hydrogens (tertiary/aromatic N) is 3. The quantitative estimate of drug-likeness (QED) is 0.845. The highest BCUT2D eigenvalue weighted by Crippen LogP contribution is 2.20. The Labute approximate surface area is 98.7 Å². The molecule has 0 saturated heterocycles. The highest BCUT2D eigenvalue weighted by molar-refractivity contribution is 5.76. The van der Waals surface area contributed by atoms with Crippen LogP contribution in [0.2, 0.25) is 0 Å². The molecule has 2 rings (SSSR count). The molecule has 17 heavy (non-hydrogen) atoms. The van der Waals surface area contributed by atoms with E-state index in [2.05, 4.69) is 15.2 Å². The highest BCUT2D eigenvalue weighted by Gasteiger charge is 2.06. The molecule has 0 unspecified atom stereocenters. The molecule has 0 saturated carbocycles. The predicted molar refractivity (Wildman–Crippen MR) is 62.9 cm³/mol. The Hall–Kier alpha value is -2.30. The smallest absolute Gasteiger partial charge is 0.221 e. The van der Waals surface area contributed by atoms with Crippen LogP contribution in [0.25, 0.3) is 11.3 Å². The summed E-state index contributed by atoms with van der Waals surface area (Å²) < 4.78 is 0. The number of nitrogens with two attached hydrogens (primary N) is 1. The van der Waals surface area contributed by atoms with E-state index in [1.807, 2.05) is 19.1 Å². The van der Waals surface area contributed by atoms with Crippen LogP contribution < -0.4 is 5.73 Å². The maximum absolute atomic E-state index is 10.8. The van der Waals surface area contributed by atoms with Crippen LogP contribution in [-0.4, -0.2) is 21.1 Å². The van der Waals surface area contributed by atoms with Crippen LogP contribution in [-0.2, 0) is 11.2 Å². The zero-order valence-electron chi connectivity index (χ0n) is 9.42. The zero-order valence-corrected chi connectivity index (χ0v) is 9.42. The molecule has 2 heterocycles. The van der Waals surface area contributed by atoms with Crippen molar-refractivity contribution in [3.63, 3.8) is 0 Å². The standard InChI is InChI=1S/C12H12N4O/c1-8-4-9(5-11(13)17)6-14-12(8)10-2-3-15-16-7-10/h2-4,6-7H,5H2,1H3,(H2,13,17). The lowest BCUT2D eigenvalue weighted by Gasteiger charge is -2.06. The third-order valence-electron chi connectivity index (χ3n) is 2.37. The summed E-state index contributed by atoms with van der Waals surface area (Å²) in [6, 6.07) is 3.75. The van der Waals surface area contributed by atoms with E-state index in [0.717, 1.165) is 22.4 Å². The van der Waals surface area contributed by atoms with E-state index in [4.69, 9.17) is 5.73 Å². The van der Waals surface area contributed by atoms with E-state index in [1.54, 1.807) is 18.6 Å². The lowest BCUT2D eigenvalue weighted by molar-refractivity contribution is -0.117. The van der Waals surface area contributed by atoms with Crippen molar-refractivity contribution in [1.82, 2.24) is 15.2 Å². The van der Waals surface area contributed by atoms with Gasteiger partial charge in [0.2, 0.25) is 5.91 Å². The second-order valence-corrected chi connectivity index (χ2v) is 3.78. The molecule has 2 N–H and O–H groups in total. The van der Waals surface area contributed by atoms with Crippen molar-refractivity contribution in [1.29, 1.82) is 0 Å². The zero-order chi connectivity index (χ0) is 12.3. The lowest BCUT2D eigenvalue weighted by atomic mass is 10.1. The van der Waals surface area contributed by atoms with Crippen LogP contribution in [0.5, 0.6) is 0 Å². The number of pyridine rings is 1. The Morgan fingerprint density at radius 1 is 1.35 bits per heavy atom. The van der Waals surface area contributed by atoms with E-state index >= 15 is 0 Å². The number of amides is 1. The molecule has 2 aromatic rings.